The number of rotatable bonds is 5. The molecule has 5 rings (SSSR count). The van der Waals surface area contributed by atoms with Crippen molar-refractivity contribution in [3.63, 3.8) is 0 Å². The van der Waals surface area contributed by atoms with Gasteiger partial charge in [-0.25, -0.2) is 9.29 Å². The van der Waals surface area contributed by atoms with Crippen molar-refractivity contribution < 1.29 is 18.3 Å². The van der Waals surface area contributed by atoms with Crippen molar-refractivity contribution in [1.82, 2.24) is 23.9 Å². The number of halogens is 3. The molecule has 182 valence electrons. The third-order valence-electron chi connectivity index (χ3n) is 5.82. The molecule has 0 bridgehead atoms. The van der Waals surface area contributed by atoms with Crippen molar-refractivity contribution in [3.8, 4) is 11.1 Å². The molecule has 8 nitrogen and oxygen atoms in total. The Hall–Kier alpha value is -3.35. The number of pyridine rings is 2. The van der Waals surface area contributed by atoms with Crippen LogP contribution in [0, 0.1) is 0 Å². The molecule has 3 aromatic heterocycles. The average Bonchev–Trinajstić information content (AvgIpc) is 3.21. The van der Waals surface area contributed by atoms with E-state index in [-0.39, 0.29) is 6.04 Å². The molecular weight excluding hydrogens is 479 g/mol. The number of aliphatic hydroxyl groups is 1. The van der Waals surface area contributed by atoms with E-state index in [1.165, 1.54) is 6.07 Å². The zero-order chi connectivity index (χ0) is 24.6. The van der Waals surface area contributed by atoms with Gasteiger partial charge >= 0.3 is 6.18 Å². The molecule has 4 aromatic rings. The number of aromatic nitrogens is 4. The third-order valence-corrected chi connectivity index (χ3v) is 6.89. The maximum atomic E-state index is 12.7. The van der Waals surface area contributed by atoms with Gasteiger partial charge in [0.25, 0.3) is 0 Å². The fraction of sp³-hybridized carbons (Fsp3) is 0.261. The van der Waals surface area contributed by atoms with Gasteiger partial charge in [-0.2, -0.15) is 13.2 Å². The molecule has 4 heterocycles. The van der Waals surface area contributed by atoms with E-state index >= 15 is 0 Å². The number of hydrogen-bond acceptors (Lipinski definition) is 8. The summed E-state index contributed by atoms with van der Waals surface area (Å²) in [6, 6.07) is 13.9. The van der Waals surface area contributed by atoms with Crippen molar-refractivity contribution in [2.75, 3.05) is 24.1 Å². The van der Waals surface area contributed by atoms with Gasteiger partial charge in [0.2, 0.25) is 5.95 Å². The van der Waals surface area contributed by atoms with Gasteiger partial charge < -0.3 is 16.2 Å². The molecule has 0 aliphatic carbocycles. The van der Waals surface area contributed by atoms with E-state index in [1.807, 2.05) is 42.6 Å². The van der Waals surface area contributed by atoms with Crippen LogP contribution in [0.3, 0.4) is 0 Å². The van der Waals surface area contributed by atoms with Gasteiger partial charge in [-0.1, -0.05) is 12.1 Å². The first-order valence-corrected chi connectivity index (χ1v) is 11.6. The molecule has 1 aliphatic rings. The number of hydrogen-bond donors (Lipinski definition) is 3. The van der Waals surface area contributed by atoms with E-state index in [9.17, 15) is 18.3 Å². The second-order valence-corrected chi connectivity index (χ2v) is 9.41. The third kappa shape index (κ3) is 5.19. The predicted molar refractivity (Wildman–Crippen MR) is 128 cm³/mol. The van der Waals surface area contributed by atoms with Gasteiger partial charge in [0.1, 0.15) is 5.82 Å². The zero-order valence-electron chi connectivity index (χ0n) is 18.4. The van der Waals surface area contributed by atoms with E-state index in [4.69, 9.17) is 5.73 Å². The molecule has 12 heteroatoms. The molecule has 2 atom stereocenters. The molecule has 4 N–H and O–H groups in total. The molecule has 35 heavy (non-hydrogen) atoms. The number of anilines is 2. The van der Waals surface area contributed by atoms with Crippen molar-refractivity contribution in [1.29, 1.82) is 0 Å². The predicted octanol–water partition coefficient (Wildman–Crippen LogP) is 3.95. The summed E-state index contributed by atoms with van der Waals surface area (Å²) in [5.74, 6) is 0.643. The molecule has 0 spiro atoms. The fourth-order valence-electron chi connectivity index (χ4n) is 3.93. The average molecular weight is 502 g/mol. The Morgan fingerprint density at radius 3 is 2.49 bits per heavy atom. The first kappa shape index (κ1) is 23.4. The van der Waals surface area contributed by atoms with Crippen LogP contribution < -0.4 is 11.1 Å². The number of aliphatic hydroxyl groups excluding tert-OH is 1. The van der Waals surface area contributed by atoms with Crippen molar-refractivity contribution >= 4 is 29.4 Å². The van der Waals surface area contributed by atoms with Gasteiger partial charge in [-0.15, -0.1) is 10.2 Å². The Morgan fingerprint density at radius 2 is 1.80 bits per heavy atom. The van der Waals surface area contributed by atoms with Crippen LogP contribution in [0.2, 0.25) is 0 Å². The first-order valence-electron chi connectivity index (χ1n) is 10.9. The van der Waals surface area contributed by atoms with Crippen molar-refractivity contribution in [2.45, 2.75) is 29.6 Å². The second kappa shape index (κ2) is 9.36. The van der Waals surface area contributed by atoms with Gasteiger partial charge in [0.15, 0.2) is 5.65 Å². The summed E-state index contributed by atoms with van der Waals surface area (Å²) in [6.45, 7) is 1.11. The van der Waals surface area contributed by atoms with E-state index < -0.39 is 17.8 Å². The quantitative estimate of drug-likeness (QED) is 0.353. The van der Waals surface area contributed by atoms with Gasteiger partial charge in [-0.3, -0.25) is 4.40 Å². The molecule has 0 saturated carbocycles. The number of alkyl halides is 3. The number of nitrogens with zero attached hydrogens (tertiary/aromatic N) is 5. The van der Waals surface area contributed by atoms with Gasteiger partial charge in [0, 0.05) is 30.4 Å². The number of β-amino-alcohol motifs (C(OH)–C–C–N with tert-alkyl or cyclic N) is 1. The highest BCUT2D eigenvalue weighted by molar-refractivity contribution is 7.97. The van der Waals surface area contributed by atoms with E-state index in [0.717, 1.165) is 28.3 Å². The number of benzene rings is 1. The van der Waals surface area contributed by atoms with Gasteiger partial charge in [-0.05, 0) is 65.9 Å². The zero-order valence-corrected chi connectivity index (χ0v) is 19.2. The van der Waals surface area contributed by atoms with Gasteiger partial charge in [0.05, 0.1) is 17.7 Å². The lowest BCUT2D eigenvalue weighted by molar-refractivity contribution is -0.137. The Kier molecular flexibility index (Phi) is 6.26. The van der Waals surface area contributed by atoms with E-state index in [1.54, 1.807) is 16.3 Å². The Morgan fingerprint density at radius 1 is 1.03 bits per heavy atom. The normalized spacial score (nSPS) is 19.2. The maximum absolute atomic E-state index is 12.7. The Labute approximate surface area is 203 Å². The molecule has 2 unspecified atom stereocenters. The molecule has 1 aromatic carbocycles. The number of nitrogens with one attached hydrogen (secondary N) is 1. The first-order chi connectivity index (χ1) is 16.8. The summed E-state index contributed by atoms with van der Waals surface area (Å²) in [7, 11) is 0. The van der Waals surface area contributed by atoms with Crippen LogP contribution in [0.1, 0.15) is 12.0 Å². The molecule has 1 saturated heterocycles. The highest BCUT2D eigenvalue weighted by Gasteiger charge is 2.31. The summed E-state index contributed by atoms with van der Waals surface area (Å²) in [4.78, 5) is 4.86. The van der Waals surface area contributed by atoms with Crippen LogP contribution in [-0.4, -0.2) is 54.2 Å². The summed E-state index contributed by atoms with van der Waals surface area (Å²) < 4.78 is 41.9. The molecule has 0 radical (unpaired) electrons. The molecule has 1 fully saturated rings. The fourth-order valence-corrected chi connectivity index (χ4v) is 4.91. The van der Waals surface area contributed by atoms with Crippen molar-refractivity contribution in [2.24, 2.45) is 0 Å². The number of fused-ring (bicyclic) bond motifs is 1. The minimum Gasteiger partial charge on any atom is -0.390 e. The smallest absolute Gasteiger partial charge is 0.390 e. The van der Waals surface area contributed by atoms with Crippen molar-refractivity contribution in [3.05, 3.63) is 66.5 Å². The summed E-state index contributed by atoms with van der Waals surface area (Å²) in [5, 5.41) is 21.5. The van der Waals surface area contributed by atoms with E-state index in [0.29, 0.717) is 36.9 Å². The highest BCUT2D eigenvalue weighted by atomic mass is 32.2. The standard InChI is InChI=1S/C23H22F3N7OS/c24-23(25,26)16-4-7-20(28-11-16)29-18-9-10-32(13-19(18)34)35-17-5-1-14(2-6-17)15-3-8-21-30-31-22(27)33(21)12-15/h1-8,11-12,18-19,34H,9-10,13H2,(H2,27,31)(H,28,29). The minimum absolute atomic E-state index is 0.293. The maximum Gasteiger partial charge on any atom is 0.417 e. The van der Waals surface area contributed by atoms with Crippen LogP contribution in [-0.2, 0) is 6.18 Å². The number of nitrogen functional groups attached to an aromatic ring is 1. The second-order valence-electron chi connectivity index (χ2n) is 8.24. The topological polar surface area (TPSA) is 105 Å². The minimum atomic E-state index is -4.43. The lowest BCUT2D eigenvalue weighted by Crippen LogP contribution is -2.47. The molecular formula is C23H22F3N7OS. The Bertz CT molecular complexity index is 1310. The summed E-state index contributed by atoms with van der Waals surface area (Å²) in [5.41, 5.74) is 7.74. The largest absolute Gasteiger partial charge is 0.417 e. The molecule has 1 aliphatic heterocycles. The molecule has 0 amide bonds. The van der Waals surface area contributed by atoms with Crippen LogP contribution in [0.15, 0.2) is 65.8 Å². The van der Waals surface area contributed by atoms with E-state index in [2.05, 4.69) is 24.8 Å². The lowest BCUT2D eigenvalue weighted by Gasteiger charge is -2.35. The monoisotopic (exact) mass is 501 g/mol. The van der Waals surface area contributed by atoms with Crippen LogP contribution in [0.25, 0.3) is 16.8 Å². The Balaban J connectivity index is 1.17. The number of piperidine rings is 1. The van der Waals surface area contributed by atoms with Crippen LogP contribution >= 0.6 is 11.9 Å². The summed E-state index contributed by atoms with van der Waals surface area (Å²) in [6.07, 6.45) is -1.81. The van der Waals surface area contributed by atoms with Crippen LogP contribution in [0.5, 0.6) is 0 Å². The number of nitrogens with two attached hydrogens (primary N) is 1. The van der Waals surface area contributed by atoms with Crippen LogP contribution in [0.4, 0.5) is 24.9 Å². The summed E-state index contributed by atoms with van der Waals surface area (Å²) >= 11 is 1.55. The highest BCUT2D eigenvalue weighted by Crippen LogP contribution is 2.31. The SMILES string of the molecule is Nc1nnc2ccc(-c3ccc(SN4CCC(Nc5ccc(C(F)(F)F)cn5)C(O)C4)cc3)cn12. The lowest BCUT2D eigenvalue weighted by atomic mass is 10.0.